The van der Waals surface area contributed by atoms with Crippen LogP contribution in [0.1, 0.15) is 47.6 Å². The molecule has 284 valence electrons. The summed E-state index contributed by atoms with van der Waals surface area (Å²) in [6.45, 7) is 4.76. The highest BCUT2D eigenvalue weighted by atomic mass is 32.1. The van der Waals surface area contributed by atoms with Crippen molar-refractivity contribution in [1.82, 2.24) is 0 Å². The smallest absolute Gasteiger partial charge is 0.0547 e. The van der Waals surface area contributed by atoms with E-state index in [1.165, 1.54) is 92.5 Å². The van der Waals surface area contributed by atoms with Gasteiger partial charge in [0.05, 0.1) is 5.69 Å². The van der Waals surface area contributed by atoms with Crippen LogP contribution in [0.15, 0.2) is 206 Å². The van der Waals surface area contributed by atoms with Crippen molar-refractivity contribution in [3.05, 3.63) is 234 Å². The first-order chi connectivity index (χ1) is 29.5. The van der Waals surface area contributed by atoms with E-state index in [9.17, 15) is 0 Å². The molecule has 1 heterocycles. The van der Waals surface area contributed by atoms with E-state index in [1.807, 2.05) is 11.3 Å². The quantitative estimate of drug-likeness (QED) is 0.162. The molecule has 0 bridgehead atoms. The predicted octanol–water partition coefficient (Wildman–Crippen LogP) is 16.3. The third kappa shape index (κ3) is 5.31. The van der Waals surface area contributed by atoms with Gasteiger partial charge in [0, 0.05) is 48.4 Å². The van der Waals surface area contributed by atoms with Crippen molar-refractivity contribution >= 4 is 48.6 Å². The fourth-order valence-corrected chi connectivity index (χ4v) is 11.5. The largest absolute Gasteiger partial charge is 0.310 e. The number of anilines is 3. The van der Waals surface area contributed by atoms with E-state index in [4.69, 9.17) is 0 Å². The summed E-state index contributed by atoms with van der Waals surface area (Å²) in [6.07, 6.45) is 0. The maximum absolute atomic E-state index is 2.55. The van der Waals surface area contributed by atoms with Crippen molar-refractivity contribution in [2.45, 2.75) is 25.2 Å². The van der Waals surface area contributed by atoms with E-state index in [0.29, 0.717) is 0 Å². The molecule has 1 nitrogen and oxygen atoms in total. The number of benzene rings is 9. The maximum Gasteiger partial charge on any atom is 0.0547 e. The van der Waals surface area contributed by atoms with E-state index < -0.39 is 0 Å². The van der Waals surface area contributed by atoms with E-state index in [1.54, 1.807) is 0 Å². The topological polar surface area (TPSA) is 3.24 Å². The lowest BCUT2D eigenvalue weighted by Crippen LogP contribution is -2.17. The first-order valence-corrected chi connectivity index (χ1v) is 21.8. The van der Waals surface area contributed by atoms with Crippen LogP contribution in [-0.4, -0.2) is 0 Å². The van der Waals surface area contributed by atoms with Crippen molar-refractivity contribution in [2.75, 3.05) is 4.90 Å². The number of nitrogens with zero attached hydrogens (tertiary/aromatic N) is 1. The summed E-state index contributed by atoms with van der Waals surface area (Å²) in [4.78, 5) is 2.55. The zero-order valence-corrected chi connectivity index (χ0v) is 34.4. The Bertz CT molecular complexity index is 3280. The van der Waals surface area contributed by atoms with Gasteiger partial charge in [-0.25, -0.2) is 0 Å². The molecule has 0 amide bonds. The van der Waals surface area contributed by atoms with E-state index >= 15 is 0 Å². The second-order valence-corrected chi connectivity index (χ2v) is 17.9. The Morgan fingerprint density at radius 3 is 1.88 bits per heavy atom. The molecule has 0 saturated carbocycles. The molecule has 2 aliphatic rings. The molecule has 10 aromatic rings. The van der Waals surface area contributed by atoms with Crippen LogP contribution >= 0.6 is 11.3 Å². The molecule has 12 rings (SSSR count). The first-order valence-electron chi connectivity index (χ1n) is 21.0. The zero-order chi connectivity index (χ0) is 40.0. The average Bonchev–Trinajstić information content (AvgIpc) is 3.92. The van der Waals surface area contributed by atoms with Crippen molar-refractivity contribution in [3.63, 3.8) is 0 Å². The molecule has 0 N–H and O–H groups in total. The minimum Gasteiger partial charge on any atom is -0.310 e. The summed E-state index contributed by atoms with van der Waals surface area (Å²) in [7, 11) is 0. The van der Waals surface area contributed by atoms with Crippen LogP contribution in [0, 0.1) is 0 Å². The van der Waals surface area contributed by atoms with Gasteiger partial charge in [0.15, 0.2) is 0 Å². The third-order valence-corrected chi connectivity index (χ3v) is 14.3. The second-order valence-electron chi connectivity index (χ2n) is 16.8. The average molecular weight is 784 g/mol. The summed E-state index contributed by atoms with van der Waals surface area (Å²) in [5.74, 6) is 0.186. The first kappa shape index (κ1) is 35.0. The van der Waals surface area contributed by atoms with Gasteiger partial charge in [0.1, 0.15) is 0 Å². The Kier molecular flexibility index (Phi) is 7.89. The van der Waals surface area contributed by atoms with Crippen LogP contribution in [-0.2, 0) is 5.41 Å². The highest BCUT2D eigenvalue weighted by molar-refractivity contribution is 7.26. The number of hydrogen-bond donors (Lipinski definition) is 0. The minimum atomic E-state index is -0.142. The number of rotatable bonds is 6. The standard InChI is InChI=1S/C58H41NS/c1-58(2)50-23-13-11-20-44(50)45-31-29-42(36-51(45)58)59(41-30-32-47-49(35-41)43-19-9-10-21-46(43)55(47)39-17-7-4-8-18-39)52-33-34-54-57(48-22-12-14-24-53(48)60-54)56(52)40-27-25-38(26-28-40)37-15-5-3-6-16-37/h3-36,55H,1-2H3. The van der Waals surface area contributed by atoms with Gasteiger partial charge < -0.3 is 4.90 Å². The summed E-state index contributed by atoms with van der Waals surface area (Å²) in [6, 6.07) is 76.9. The van der Waals surface area contributed by atoms with E-state index in [2.05, 4.69) is 225 Å². The number of fused-ring (bicyclic) bond motifs is 9. The Balaban J connectivity index is 1.13. The van der Waals surface area contributed by atoms with Gasteiger partial charge in [-0.15, -0.1) is 11.3 Å². The summed E-state index contributed by atoms with van der Waals surface area (Å²) >= 11 is 1.88. The van der Waals surface area contributed by atoms with Crippen molar-refractivity contribution < 1.29 is 0 Å². The minimum absolute atomic E-state index is 0.142. The Hall–Kier alpha value is -7.00. The molecule has 1 unspecified atom stereocenters. The molecule has 2 heteroatoms. The van der Waals surface area contributed by atoms with Crippen LogP contribution in [0.3, 0.4) is 0 Å². The zero-order valence-electron chi connectivity index (χ0n) is 33.6. The van der Waals surface area contributed by atoms with Crippen LogP contribution < -0.4 is 4.90 Å². The van der Waals surface area contributed by atoms with Gasteiger partial charge in [0.2, 0.25) is 0 Å². The Labute approximate surface area is 355 Å². The molecule has 0 fully saturated rings. The summed E-state index contributed by atoms with van der Waals surface area (Å²) in [5.41, 5.74) is 20.3. The molecule has 0 spiro atoms. The monoisotopic (exact) mass is 783 g/mol. The molecule has 2 aliphatic carbocycles. The maximum atomic E-state index is 2.55. The molecule has 9 aromatic carbocycles. The molecule has 1 aromatic heterocycles. The molecular weight excluding hydrogens is 743 g/mol. The molecule has 0 aliphatic heterocycles. The van der Waals surface area contributed by atoms with Crippen molar-refractivity contribution in [3.8, 4) is 44.5 Å². The van der Waals surface area contributed by atoms with Gasteiger partial charge in [0.25, 0.3) is 0 Å². The van der Waals surface area contributed by atoms with Gasteiger partial charge in [-0.05, 0) is 109 Å². The van der Waals surface area contributed by atoms with E-state index in [0.717, 1.165) is 17.1 Å². The SMILES string of the molecule is CC1(C)c2ccccc2-c2ccc(N(c3ccc4c(c3)-c3ccccc3C4c3ccccc3)c3ccc4sc5ccccc5c4c3-c3ccc(-c4ccccc4)cc3)cc21. The Morgan fingerprint density at radius 2 is 1.05 bits per heavy atom. The lowest BCUT2D eigenvalue weighted by Gasteiger charge is -2.31. The van der Waals surface area contributed by atoms with Crippen LogP contribution in [0.2, 0.25) is 0 Å². The number of hydrogen-bond acceptors (Lipinski definition) is 2. The fourth-order valence-electron chi connectivity index (χ4n) is 10.3. The van der Waals surface area contributed by atoms with Gasteiger partial charge in [-0.3, -0.25) is 0 Å². The van der Waals surface area contributed by atoms with Crippen molar-refractivity contribution in [1.29, 1.82) is 0 Å². The highest BCUT2D eigenvalue weighted by Crippen LogP contribution is 2.55. The summed E-state index contributed by atoms with van der Waals surface area (Å²) in [5, 5.41) is 2.59. The predicted molar refractivity (Wildman–Crippen MR) is 255 cm³/mol. The highest BCUT2D eigenvalue weighted by Gasteiger charge is 2.36. The lowest BCUT2D eigenvalue weighted by atomic mass is 9.82. The summed E-state index contributed by atoms with van der Waals surface area (Å²) < 4.78 is 2.60. The van der Waals surface area contributed by atoms with Gasteiger partial charge in [-0.1, -0.05) is 178 Å². The van der Waals surface area contributed by atoms with Crippen molar-refractivity contribution in [2.24, 2.45) is 0 Å². The molecular formula is C58H41NS. The molecule has 0 radical (unpaired) electrons. The van der Waals surface area contributed by atoms with Crippen LogP contribution in [0.25, 0.3) is 64.7 Å². The van der Waals surface area contributed by atoms with E-state index in [-0.39, 0.29) is 11.3 Å². The number of thiophene rings is 1. The molecule has 60 heavy (non-hydrogen) atoms. The van der Waals surface area contributed by atoms with Crippen LogP contribution in [0.5, 0.6) is 0 Å². The third-order valence-electron chi connectivity index (χ3n) is 13.2. The van der Waals surface area contributed by atoms with Gasteiger partial charge >= 0.3 is 0 Å². The molecule has 1 atom stereocenters. The fraction of sp³-hybridized carbons (Fsp3) is 0.0690. The molecule has 0 saturated heterocycles. The lowest BCUT2D eigenvalue weighted by molar-refractivity contribution is 0.660. The second kappa shape index (κ2) is 13.5. The Morgan fingerprint density at radius 1 is 0.433 bits per heavy atom. The van der Waals surface area contributed by atoms with Gasteiger partial charge in [-0.2, -0.15) is 0 Å². The normalized spacial score (nSPS) is 14.5. The van der Waals surface area contributed by atoms with Crippen LogP contribution in [0.4, 0.5) is 17.1 Å².